The summed E-state index contributed by atoms with van der Waals surface area (Å²) in [7, 11) is 0. The Morgan fingerprint density at radius 2 is 1.67 bits per heavy atom. The highest BCUT2D eigenvalue weighted by atomic mass is 32.1. The van der Waals surface area contributed by atoms with E-state index >= 15 is 0 Å². The van der Waals surface area contributed by atoms with Crippen LogP contribution < -0.4 is 5.32 Å². The molecule has 64 valence electrons. The minimum absolute atomic E-state index is 0.439. The third-order valence-electron chi connectivity index (χ3n) is 1.21. The van der Waals surface area contributed by atoms with Gasteiger partial charge in [-0.05, 0) is 0 Å². The highest BCUT2D eigenvalue weighted by molar-refractivity contribution is 7.79. The summed E-state index contributed by atoms with van der Waals surface area (Å²) < 4.78 is 37.7. The van der Waals surface area contributed by atoms with E-state index in [2.05, 4.69) is 17.5 Å². The molecule has 1 aromatic rings. The third-order valence-corrected chi connectivity index (χ3v) is 1.33. The molecular formula is C7H4F3NS. The van der Waals surface area contributed by atoms with Crippen LogP contribution in [0.25, 0.3) is 0 Å². The highest BCUT2D eigenvalue weighted by Gasteiger charge is 2.09. The van der Waals surface area contributed by atoms with Gasteiger partial charge in [0.1, 0.15) is 11.5 Å². The Labute approximate surface area is 72.2 Å². The SMILES string of the molecule is Fc1cc(F)c(NC=S)c(F)c1. The van der Waals surface area contributed by atoms with E-state index in [0.29, 0.717) is 12.1 Å². The van der Waals surface area contributed by atoms with Crippen molar-refractivity contribution in [2.75, 3.05) is 5.32 Å². The summed E-state index contributed by atoms with van der Waals surface area (Å²) in [5.41, 5.74) is 0.505. The van der Waals surface area contributed by atoms with Gasteiger partial charge in [0, 0.05) is 12.1 Å². The Bertz CT molecular complexity index is 291. The minimum atomic E-state index is -1.01. The highest BCUT2D eigenvalue weighted by Crippen LogP contribution is 2.19. The molecule has 0 aliphatic rings. The number of hydrogen-bond acceptors (Lipinski definition) is 1. The zero-order chi connectivity index (χ0) is 9.14. The summed E-state index contributed by atoms with van der Waals surface area (Å²) in [6.07, 6.45) is 0. The van der Waals surface area contributed by atoms with Gasteiger partial charge in [-0.2, -0.15) is 0 Å². The van der Waals surface area contributed by atoms with Crippen LogP contribution in [-0.4, -0.2) is 5.49 Å². The average Bonchev–Trinajstić information content (AvgIpc) is 1.96. The lowest BCUT2D eigenvalue weighted by Crippen LogP contribution is -1.99. The van der Waals surface area contributed by atoms with E-state index in [4.69, 9.17) is 0 Å². The number of benzene rings is 1. The van der Waals surface area contributed by atoms with Gasteiger partial charge in [-0.25, -0.2) is 13.2 Å². The van der Waals surface area contributed by atoms with E-state index in [1.54, 1.807) is 0 Å². The van der Waals surface area contributed by atoms with Gasteiger partial charge in [-0.1, -0.05) is 12.2 Å². The first-order valence-corrected chi connectivity index (χ1v) is 3.47. The van der Waals surface area contributed by atoms with Crippen molar-refractivity contribution < 1.29 is 13.2 Å². The van der Waals surface area contributed by atoms with Gasteiger partial charge >= 0.3 is 0 Å². The summed E-state index contributed by atoms with van der Waals surface area (Å²) in [5, 5.41) is 2.14. The van der Waals surface area contributed by atoms with Gasteiger partial charge in [0.2, 0.25) is 0 Å². The Kier molecular flexibility index (Phi) is 2.65. The lowest BCUT2D eigenvalue weighted by molar-refractivity contribution is 0.549. The predicted octanol–water partition coefficient (Wildman–Crippen LogP) is 2.47. The summed E-state index contributed by atoms with van der Waals surface area (Å²) in [5.74, 6) is -2.97. The van der Waals surface area contributed by atoms with Gasteiger partial charge in [-0.15, -0.1) is 0 Å². The van der Waals surface area contributed by atoms with Gasteiger partial charge in [0.05, 0.1) is 5.49 Å². The van der Waals surface area contributed by atoms with Crippen molar-refractivity contribution in [3.8, 4) is 0 Å². The van der Waals surface area contributed by atoms with E-state index in [9.17, 15) is 13.2 Å². The monoisotopic (exact) mass is 191 g/mol. The number of halogens is 3. The van der Waals surface area contributed by atoms with Crippen LogP contribution in [0.3, 0.4) is 0 Å². The standard InChI is InChI=1S/C7H4F3NS/c8-4-1-5(9)7(11-3-12)6(10)2-4/h1-3H,(H,11,12). The lowest BCUT2D eigenvalue weighted by atomic mass is 10.3. The lowest BCUT2D eigenvalue weighted by Gasteiger charge is -2.02. The van der Waals surface area contributed by atoms with E-state index in [1.165, 1.54) is 0 Å². The topological polar surface area (TPSA) is 12.0 Å². The van der Waals surface area contributed by atoms with Gasteiger partial charge in [-0.3, -0.25) is 0 Å². The molecule has 0 aliphatic heterocycles. The Balaban J connectivity index is 3.18. The first-order chi connectivity index (χ1) is 5.65. The van der Waals surface area contributed by atoms with Crippen LogP contribution >= 0.6 is 12.2 Å². The maximum atomic E-state index is 12.7. The number of thiocarbonyl (C=S) groups is 1. The zero-order valence-electron chi connectivity index (χ0n) is 5.77. The van der Waals surface area contributed by atoms with Crippen LogP contribution in [0.5, 0.6) is 0 Å². The van der Waals surface area contributed by atoms with Gasteiger partial charge in [0.15, 0.2) is 11.6 Å². The summed E-state index contributed by atoms with van der Waals surface area (Å²) in [6.45, 7) is 0. The van der Waals surface area contributed by atoms with Crippen molar-refractivity contribution in [3.63, 3.8) is 0 Å². The number of anilines is 1. The molecule has 0 radical (unpaired) electrons. The zero-order valence-corrected chi connectivity index (χ0v) is 6.59. The second-order valence-corrected chi connectivity index (χ2v) is 2.24. The molecular weight excluding hydrogens is 187 g/mol. The summed E-state index contributed by atoms with van der Waals surface area (Å²) in [6, 6.07) is 1.15. The van der Waals surface area contributed by atoms with Crippen molar-refractivity contribution in [2.24, 2.45) is 0 Å². The first-order valence-electron chi connectivity index (χ1n) is 3.00. The van der Waals surface area contributed by atoms with Crippen molar-refractivity contribution >= 4 is 23.4 Å². The van der Waals surface area contributed by atoms with Crippen molar-refractivity contribution in [3.05, 3.63) is 29.6 Å². The fourth-order valence-electron chi connectivity index (χ4n) is 0.739. The quantitative estimate of drug-likeness (QED) is 0.720. The normalized spacial score (nSPS) is 9.58. The molecule has 0 saturated heterocycles. The third kappa shape index (κ3) is 1.73. The predicted molar refractivity (Wildman–Crippen MR) is 43.6 cm³/mol. The molecule has 1 aromatic carbocycles. The maximum Gasteiger partial charge on any atom is 0.152 e. The van der Waals surface area contributed by atoms with Crippen molar-refractivity contribution in [2.45, 2.75) is 0 Å². The first kappa shape index (κ1) is 8.99. The second kappa shape index (κ2) is 3.53. The van der Waals surface area contributed by atoms with Crippen molar-refractivity contribution in [1.82, 2.24) is 0 Å². The average molecular weight is 191 g/mol. The Hall–Kier alpha value is -1.10. The van der Waals surface area contributed by atoms with Crippen LogP contribution in [0.4, 0.5) is 18.9 Å². The van der Waals surface area contributed by atoms with E-state index in [1.807, 2.05) is 0 Å². The van der Waals surface area contributed by atoms with Crippen LogP contribution in [0.1, 0.15) is 0 Å². The largest absolute Gasteiger partial charge is 0.348 e. The molecule has 0 atom stereocenters. The van der Waals surface area contributed by atoms with Gasteiger partial charge < -0.3 is 5.32 Å². The van der Waals surface area contributed by atoms with Crippen LogP contribution in [-0.2, 0) is 0 Å². The molecule has 0 aliphatic carbocycles. The van der Waals surface area contributed by atoms with E-state index in [0.717, 1.165) is 5.49 Å². The molecule has 1 rings (SSSR count). The maximum absolute atomic E-state index is 12.7. The molecule has 1 nitrogen and oxygen atoms in total. The Morgan fingerprint density at radius 1 is 1.17 bits per heavy atom. The molecule has 0 heterocycles. The fourth-order valence-corrected chi connectivity index (χ4v) is 0.857. The number of rotatable bonds is 2. The van der Waals surface area contributed by atoms with Crippen LogP contribution in [0.2, 0.25) is 0 Å². The summed E-state index contributed by atoms with van der Waals surface area (Å²) in [4.78, 5) is 0. The molecule has 0 spiro atoms. The molecule has 0 aromatic heterocycles. The molecule has 12 heavy (non-hydrogen) atoms. The minimum Gasteiger partial charge on any atom is -0.348 e. The van der Waals surface area contributed by atoms with E-state index < -0.39 is 23.1 Å². The number of hydrogen-bond donors (Lipinski definition) is 1. The molecule has 1 N–H and O–H groups in total. The molecule has 5 heteroatoms. The molecule has 0 unspecified atom stereocenters. The van der Waals surface area contributed by atoms with Gasteiger partial charge in [0.25, 0.3) is 0 Å². The molecule has 0 bridgehead atoms. The van der Waals surface area contributed by atoms with Crippen molar-refractivity contribution in [1.29, 1.82) is 0 Å². The molecule has 0 amide bonds. The second-order valence-electron chi connectivity index (χ2n) is 2.01. The van der Waals surface area contributed by atoms with Crippen LogP contribution in [0, 0.1) is 17.5 Å². The number of nitrogens with one attached hydrogen (secondary N) is 1. The fraction of sp³-hybridized carbons (Fsp3) is 0. The summed E-state index contributed by atoms with van der Waals surface area (Å²) >= 11 is 4.32. The van der Waals surface area contributed by atoms with E-state index in [-0.39, 0.29) is 0 Å². The smallest absolute Gasteiger partial charge is 0.152 e. The van der Waals surface area contributed by atoms with Crippen LogP contribution in [0.15, 0.2) is 12.1 Å². The molecule has 0 fully saturated rings. The molecule has 0 saturated carbocycles. The Morgan fingerprint density at radius 3 is 2.08 bits per heavy atom.